The van der Waals surface area contributed by atoms with Gasteiger partial charge in [-0.25, -0.2) is 0 Å². The summed E-state index contributed by atoms with van der Waals surface area (Å²) in [6.07, 6.45) is 7.79. The van der Waals surface area contributed by atoms with E-state index in [1.54, 1.807) is 11.1 Å². The third-order valence-electron chi connectivity index (χ3n) is 10.5. The van der Waals surface area contributed by atoms with E-state index < -0.39 is 0 Å². The van der Waals surface area contributed by atoms with Crippen molar-refractivity contribution in [3.63, 3.8) is 0 Å². The van der Waals surface area contributed by atoms with Crippen LogP contribution in [0.5, 0.6) is 0 Å². The van der Waals surface area contributed by atoms with Gasteiger partial charge in [-0.3, -0.25) is 9.80 Å². The fraction of sp³-hybridized carbons (Fsp3) is 0.514. The van der Waals surface area contributed by atoms with E-state index in [9.17, 15) is 0 Å². The maximum Gasteiger partial charge on any atom is 0.0387 e. The summed E-state index contributed by atoms with van der Waals surface area (Å²) < 4.78 is 0. The molecule has 5 atom stereocenters. The van der Waals surface area contributed by atoms with E-state index in [0.717, 1.165) is 24.2 Å². The van der Waals surface area contributed by atoms with Crippen molar-refractivity contribution in [2.45, 2.75) is 102 Å². The van der Waals surface area contributed by atoms with Gasteiger partial charge in [0, 0.05) is 36.3 Å². The average molecular weight is 519 g/mol. The summed E-state index contributed by atoms with van der Waals surface area (Å²) in [5.41, 5.74) is 7.88. The summed E-state index contributed by atoms with van der Waals surface area (Å²) in [6.45, 7) is 11.0. The second kappa shape index (κ2) is 9.89. The lowest BCUT2D eigenvalue weighted by atomic mass is 9.87. The fourth-order valence-electron chi connectivity index (χ4n) is 8.40. The highest BCUT2D eigenvalue weighted by atomic mass is 15.3. The van der Waals surface area contributed by atoms with Gasteiger partial charge in [-0.2, -0.15) is 0 Å². The van der Waals surface area contributed by atoms with Crippen LogP contribution in [0.4, 0.5) is 0 Å². The number of fused-ring (bicyclic) bond motifs is 1. The highest BCUT2D eigenvalue weighted by Gasteiger charge is 2.56. The number of rotatable bonds is 8. The molecule has 4 fully saturated rings. The molecule has 2 saturated carbocycles. The molecular formula is C37H46N2. The highest BCUT2D eigenvalue weighted by Crippen LogP contribution is 2.60. The molecule has 204 valence electrons. The van der Waals surface area contributed by atoms with E-state index >= 15 is 0 Å². The van der Waals surface area contributed by atoms with Gasteiger partial charge in [0.15, 0.2) is 0 Å². The summed E-state index contributed by atoms with van der Waals surface area (Å²) in [4.78, 5) is 5.65. The van der Waals surface area contributed by atoms with E-state index in [-0.39, 0.29) is 5.54 Å². The minimum atomic E-state index is 0.145. The highest BCUT2D eigenvalue weighted by molar-refractivity contribution is 5.39. The SMILES string of the molecule is CC(C)N1C(c2ccccc2)CCC1c1ccc(CC(C)(C)N2CC3CC3C2c2ccccc2C2CC2)cc1. The van der Waals surface area contributed by atoms with Crippen molar-refractivity contribution < 1.29 is 0 Å². The Hall–Kier alpha value is -2.42. The molecule has 3 aromatic rings. The molecule has 5 unspecified atom stereocenters. The Morgan fingerprint density at radius 2 is 1.36 bits per heavy atom. The first-order chi connectivity index (χ1) is 18.9. The lowest BCUT2D eigenvalue weighted by Crippen LogP contribution is -2.46. The molecule has 2 heterocycles. The van der Waals surface area contributed by atoms with Crippen LogP contribution < -0.4 is 0 Å². The average Bonchev–Trinajstić information content (AvgIpc) is 3.86. The van der Waals surface area contributed by atoms with Gasteiger partial charge >= 0.3 is 0 Å². The Morgan fingerprint density at radius 3 is 2.00 bits per heavy atom. The largest absolute Gasteiger partial charge is 0.290 e. The molecule has 0 radical (unpaired) electrons. The lowest BCUT2D eigenvalue weighted by Gasteiger charge is -2.42. The van der Waals surface area contributed by atoms with Crippen LogP contribution in [0.1, 0.15) is 112 Å². The Morgan fingerprint density at radius 1 is 0.744 bits per heavy atom. The van der Waals surface area contributed by atoms with E-state index in [4.69, 9.17) is 0 Å². The summed E-state index contributed by atoms with van der Waals surface area (Å²) in [5.74, 6) is 2.60. The molecule has 7 rings (SSSR count). The Bertz CT molecular complexity index is 1290. The van der Waals surface area contributed by atoms with Gasteiger partial charge in [0.2, 0.25) is 0 Å². The zero-order valence-electron chi connectivity index (χ0n) is 24.4. The number of hydrogen-bond donors (Lipinski definition) is 0. The molecule has 3 aromatic carbocycles. The van der Waals surface area contributed by atoms with E-state index in [2.05, 4.69) is 116 Å². The van der Waals surface area contributed by atoms with Gasteiger partial charge < -0.3 is 0 Å². The van der Waals surface area contributed by atoms with Gasteiger partial charge in [-0.1, -0.05) is 78.9 Å². The minimum Gasteiger partial charge on any atom is -0.290 e. The van der Waals surface area contributed by atoms with Gasteiger partial charge in [0.05, 0.1) is 0 Å². The van der Waals surface area contributed by atoms with Crippen LogP contribution in [-0.4, -0.2) is 27.9 Å². The van der Waals surface area contributed by atoms with Crippen LogP contribution in [0.15, 0.2) is 78.9 Å². The molecule has 2 aliphatic carbocycles. The smallest absolute Gasteiger partial charge is 0.0387 e. The Kier molecular flexibility index (Phi) is 6.48. The molecule has 39 heavy (non-hydrogen) atoms. The van der Waals surface area contributed by atoms with Gasteiger partial charge in [-0.15, -0.1) is 0 Å². The first-order valence-corrected chi connectivity index (χ1v) is 15.7. The lowest BCUT2D eigenvalue weighted by molar-refractivity contribution is 0.0840. The van der Waals surface area contributed by atoms with Crippen LogP contribution in [-0.2, 0) is 6.42 Å². The van der Waals surface area contributed by atoms with Crippen molar-refractivity contribution in [1.82, 2.24) is 9.80 Å². The summed E-state index contributed by atoms with van der Waals surface area (Å²) in [5, 5.41) is 0. The Balaban J connectivity index is 1.09. The third-order valence-corrected chi connectivity index (χ3v) is 10.5. The molecule has 4 aliphatic rings. The van der Waals surface area contributed by atoms with E-state index in [1.807, 2.05) is 0 Å². The number of nitrogens with zero attached hydrogens (tertiary/aromatic N) is 2. The van der Waals surface area contributed by atoms with Crippen LogP contribution >= 0.6 is 0 Å². The molecule has 0 spiro atoms. The number of benzene rings is 3. The van der Waals surface area contributed by atoms with Crippen molar-refractivity contribution in [1.29, 1.82) is 0 Å². The normalized spacial score (nSPS) is 29.2. The molecule has 0 aromatic heterocycles. The Labute approximate surface area is 236 Å². The van der Waals surface area contributed by atoms with E-state index in [1.165, 1.54) is 55.3 Å². The first-order valence-electron chi connectivity index (χ1n) is 15.7. The van der Waals surface area contributed by atoms with Crippen molar-refractivity contribution in [3.8, 4) is 0 Å². The maximum atomic E-state index is 2.89. The minimum absolute atomic E-state index is 0.145. The van der Waals surface area contributed by atoms with Gasteiger partial charge in [0.1, 0.15) is 0 Å². The molecule has 2 nitrogen and oxygen atoms in total. The quantitative estimate of drug-likeness (QED) is 0.294. The predicted molar refractivity (Wildman–Crippen MR) is 162 cm³/mol. The fourth-order valence-corrected chi connectivity index (χ4v) is 8.40. The number of hydrogen-bond acceptors (Lipinski definition) is 2. The zero-order valence-corrected chi connectivity index (χ0v) is 24.4. The van der Waals surface area contributed by atoms with E-state index in [0.29, 0.717) is 24.2 Å². The van der Waals surface area contributed by atoms with Crippen LogP contribution in [0.2, 0.25) is 0 Å². The summed E-state index contributed by atoms with van der Waals surface area (Å²) >= 11 is 0. The predicted octanol–water partition coefficient (Wildman–Crippen LogP) is 8.86. The zero-order chi connectivity index (χ0) is 26.7. The van der Waals surface area contributed by atoms with Crippen LogP contribution in [0.3, 0.4) is 0 Å². The maximum absolute atomic E-state index is 2.89. The molecule has 2 heteroatoms. The van der Waals surface area contributed by atoms with Crippen molar-refractivity contribution >= 4 is 0 Å². The molecule has 2 aliphatic heterocycles. The first kappa shape index (κ1) is 25.5. The molecule has 2 saturated heterocycles. The standard InChI is InChI=1S/C37H46N2/c1-25(2)39-34(28-10-6-5-7-11-28)20-21-35(39)29-16-14-26(15-17-29)23-37(3,4)38-24-30-22-33(30)36(38)32-13-9-8-12-31(32)27-18-19-27/h5-17,25,27,30,33-36H,18-24H2,1-4H3. The van der Waals surface area contributed by atoms with Gasteiger partial charge in [-0.05, 0) is 112 Å². The second-order valence-electron chi connectivity index (χ2n) is 14.0. The van der Waals surface area contributed by atoms with Crippen molar-refractivity contribution in [3.05, 3.63) is 107 Å². The monoisotopic (exact) mass is 518 g/mol. The summed E-state index contributed by atoms with van der Waals surface area (Å²) in [6, 6.07) is 32.5. The molecule has 0 N–H and O–H groups in total. The molecule has 0 amide bonds. The van der Waals surface area contributed by atoms with Crippen LogP contribution in [0, 0.1) is 11.8 Å². The van der Waals surface area contributed by atoms with Crippen LogP contribution in [0.25, 0.3) is 0 Å². The third kappa shape index (κ3) is 4.78. The number of likely N-dealkylation sites (tertiary alicyclic amines) is 2. The second-order valence-corrected chi connectivity index (χ2v) is 14.0. The van der Waals surface area contributed by atoms with Gasteiger partial charge in [0.25, 0.3) is 0 Å². The summed E-state index contributed by atoms with van der Waals surface area (Å²) in [7, 11) is 0. The van der Waals surface area contributed by atoms with Crippen molar-refractivity contribution in [2.24, 2.45) is 11.8 Å². The molecular weight excluding hydrogens is 472 g/mol. The van der Waals surface area contributed by atoms with Crippen molar-refractivity contribution in [2.75, 3.05) is 6.54 Å². The topological polar surface area (TPSA) is 6.48 Å². The molecule has 0 bridgehead atoms. The number of piperidine rings is 1.